The number of carbonyl (C=O) groups is 5. The topological polar surface area (TPSA) is 263 Å². The Morgan fingerprint density at radius 2 is 1.04 bits per heavy atom. The number of nitrogens with one attached hydrogen (secondary N) is 4. The van der Waals surface area contributed by atoms with Gasteiger partial charge < -0.3 is 30.0 Å². The van der Waals surface area contributed by atoms with Gasteiger partial charge >= 0.3 is 29.9 Å². The number of hydrogen-bond donors (Lipinski definition) is 4. The van der Waals surface area contributed by atoms with Crippen LogP contribution in [0.2, 0.25) is 0 Å². The minimum absolute atomic E-state index is 0.142. The molecule has 21 heteroatoms. The Morgan fingerprint density at radius 1 is 0.667 bits per heavy atom. The molecule has 21 nitrogen and oxygen atoms in total. The van der Waals surface area contributed by atoms with Gasteiger partial charge in [-0.3, -0.25) is 20.2 Å². The van der Waals surface area contributed by atoms with E-state index >= 15 is 0 Å². The van der Waals surface area contributed by atoms with Crippen LogP contribution in [-0.4, -0.2) is 88.1 Å². The number of urea groups is 1. The van der Waals surface area contributed by atoms with Crippen molar-refractivity contribution >= 4 is 52.7 Å². The van der Waals surface area contributed by atoms with E-state index in [0.717, 1.165) is 10.1 Å². The maximum absolute atomic E-state index is 12.5. The molecule has 0 saturated carbocycles. The third kappa shape index (κ3) is 9.95. The molecule has 2 aliphatic rings. The van der Waals surface area contributed by atoms with Crippen LogP contribution in [0, 0.1) is 20.2 Å². The van der Waals surface area contributed by atoms with Crippen LogP contribution in [0.15, 0.2) is 48.5 Å². The van der Waals surface area contributed by atoms with Gasteiger partial charge in [-0.1, -0.05) is 0 Å². The molecule has 2 heterocycles. The van der Waals surface area contributed by atoms with Gasteiger partial charge in [0.2, 0.25) is 0 Å². The predicted molar refractivity (Wildman–Crippen MR) is 159 cm³/mol. The second-order valence-electron chi connectivity index (χ2n) is 10.2. The maximum atomic E-state index is 12.5. The maximum Gasteiger partial charge on any atom is 0.352 e. The molecule has 2 atom stereocenters. The summed E-state index contributed by atoms with van der Waals surface area (Å²) in [6.07, 6.45) is 1.64. The summed E-state index contributed by atoms with van der Waals surface area (Å²) in [5.41, 5.74) is 5.05. The Kier molecular flexibility index (Phi) is 11.9. The highest BCUT2D eigenvalue weighted by Gasteiger charge is 2.37. The molecule has 48 heavy (non-hydrogen) atoms. The van der Waals surface area contributed by atoms with Gasteiger partial charge in [-0.15, -0.1) is 10.1 Å². The summed E-state index contributed by atoms with van der Waals surface area (Å²) in [6.45, 7) is -0.775. The Bertz CT molecular complexity index is 1410. The molecule has 0 radical (unpaired) electrons. The van der Waals surface area contributed by atoms with E-state index in [1.165, 1.54) is 48.5 Å². The lowest BCUT2D eigenvalue weighted by Gasteiger charge is -2.22. The number of nitrogens with zero attached hydrogens (tertiary/aromatic N) is 4. The van der Waals surface area contributed by atoms with E-state index in [0.29, 0.717) is 25.7 Å². The molecular weight excluding hydrogens is 644 g/mol. The fourth-order valence-electron chi connectivity index (χ4n) is 4.52. The lowest BCUT2D eigenvalue weighted by atomic mass is 10.2. The number of carbonyl (C=O) groups excluding carboxylic acids is 5. The molecule has 2 aromatic carbocycles. The van der Waals surface area contributed by atoms with Crippen molar-refractivity contribution in [2.45, 2.75) is 37.8 Å². The van der Waals surface area contributed by atoms with Crippen molar-refractivity contribution in [2.75, 3.05) is 37.1 Å². The monoisotopic (exact) mass is 674 g/mol. The molecule has 0 spiro atoms. The molecule has 2 aromatic rings. The Morgan fingerprint density at radius 3 is 1.40 bits per heavy atom. The Balaban J connectivity index is 1.12. The van der Waals surface area contributed by atoms with Crippen LogP contribution in [-0.2, 0) is 38.5 Å². The van der Waals surface area contributed by atoms with Gasteiger partial charge in [0.15, 0.2) is 0 Å². The van der Waals surface area contributed by atoms with Crippen molar-refractivity contribution < 1.29 is 53.2 Å². The van der Waals surface area contributed by atoms with Crippen LogP contribution in [0.1, 0.15) is 25.7 Å². The molecule has 0 aromatic heterocycles. The highest BCUT2D eigenvalue weighted by Crippen LogP contribution is 2.22. The molecule has 2 aliphatic heterocycles. The zero-order valence-corrected chi connectivity index (χ0v) is 25.0. The molecule has 0 aliphatic carbocycles. The first-order valence-electron chi connectivity index (χ1n) is 14.4. The number of nitro benzene ring substituents is 2. The van der Waals surface area contributed by atoms with Crippen LogP contribution in [0.5, 0.6) is 0 Å². The summed E-state index contributed by atoms with van der Waals surface area (Å²) in [5.74, 6) is -3.35. The summed E-state index contributed by atoms with van der Waals surface area (Å²) in [4.78, 5) is 102. The lowest BCUT2D eigenvalue weighted by Crippen LogP contribution is -2.45. The summed E-state index contributed by atoms with van der Waals surface area (Å²) in [7, 11) is 0. The largest absolute Gasteiger partial charge is 0.365 e. The first-order valence-corrected chi connectivity index (χ1v) is 14.4. The number of non-ortho nitro benzene ring substituents is 2. The molecular formula is C27H30N8O13. The van der Waals surface area contributed by atoms with Gasteiger partial charge in [0, 0.05) is 37.4 Å². The molecule has 0 unspecified atom stereocenters. The van der Waals surface area contributed by atoms with Crippen molar-refractivity contribution in [3.05, 3.63) is 68.8 Å². The minimum atomic E-state index is -0.937. The number of anilines is 2. The normalized spacial score (nSPS) is 17.4. The van der Waals surface area contributed by atoms with E-state index in [1.54, 1.807) is 0 Å². The second-order valence-corrected chi connectivity index (χ2v) is 10.2. The smallest absolute Gasteiger partial charge is 0.352 e. The number of rotatable bonds is 14. The Labute approximate surface area is 270 Å². The zero-order valence-electron chi connectivity index (χ0n) is 25.0. The van der Waals surface area contributed by atoms with Gasteiger partial charge in [-0.2, -0.15) is 0 Å². The van der Waals surface area contributed by atoms with E-state index < -0.39 is 64.9 Å². The molecule has 256 valence electrons. The molecule has 2 amide bonds. The SMILES string of the molecule is O=C(NCC(=O)ON1CCC[C@H]1C(=O)ONc1ccc([N+](=O)[O-])cc1)NCC(=O)ON1CCC[C@H]1C(=O)ONc1ccc([N+](=O)[O-])cc1. The fourth-order valence-corrected chi connectivity index (χ4v) is 4.52. The van der Waals surface area contributed by atoms with E-state index in [-0.39, 0.29) is 35.8 Å². The number of hydroxylamine groups is 4. The quantitative estimate of drug-likeness (QED) is 0.161. The summed E-state index contributed by atoms with van der Waals surface area (Å²) < 4.78 is 0. The number of amides is 2. The lowest BCUT2D eigenvalue weighted by molar-refractivity contribution is -0.385. The first kappa shape index (κ1) is 34.8. The van der Waals surface area contributed by atoms with Gasteiger partial charge in [-0.05, 0) is 49.9 Å². The average molecular weight is 675 g/mol. The first-order chi connectivity index (χ1) is 23.0. The predicted octanol–water partition coefficient (Wildman–Crippen LogP) is 1.09. The number of nitro groups is 2. The summed E-state index contributed by atoms with van der Waals surface area (Å²) in [6, 6.07) is 7.50. The van der Waals surface area contributed by atoms with Crippen LogP contribution >= 0.6 is 0 Å². The van der Waals surface area contributed by atoms with Crippen molar-refractivity contribution in [1.82, 2.24) is 20.8 Å². The fraction of sp³-hybridized carbons (Fsp3) is 0.370. The molecule has 2 fully saturated rings. The minimum Gasteiger partial charge on any atom is -0.365 e. The molecule has 0 bridgehead atoms. The average Bonchev–Trinajstić information content (AvgIpc) is 3.74. The van der Waals surface area contributed by atoms with E-state index in [9.17, 15) is 44.2 Å². The van der Waals surface area contributed by atoms with Gasteiger partial charge in [-0.25, -0.2) is 34.9 Å². The van der Waals surface area contributed by atoms with Crippen molar-refractivity contribution in [3.8, 4) is 0 Å². The van der Waals surface area contributed by atoms with Crippen molar-refractivity contribution in [1.29, 1.82) is 0 Å². The molecule has 4 rings (SSSR count). The summed E-state index contributed by atoms with van der Waals surface area (Å²) in [5, 5.41) is 28.1. The van der Waals surface area contributed by atoms with E-state index in [2.05, 4.69) is 21.6 Å². The van der Waals surface area contributed by atoms with Crippen LogP contribution in [0.3, 0.4) is 0 Å². The van der Waals surface area contributed by atoms with E-state index in [1.807, 2.05) is 0 Å². The standard InChI is InChI=1S/C27H30N8O13/c36-23(47-32-13-1-3-21(32)25(38)45-30-17-5-9-19(10-6-17)34(41)42)15-28-27(40)29-16-24(37)48-33-14-2-4-22(33)26(39)46-31-18-7-11-20(12-8-18)35(43)44/h5-12,21-22,30-31H,1-4,13-16H2,(H2,28,29,40)/t21-,22-/m0/s1. The zero-order chi connectivity index (χ0) is 34.6. The van der Waals surface area contributed by atoms with Crippen molar-refractivity contribution in [3.63, 3.8) is 0 Å². The van der Waals surface area contributed by atoms with Gasteiger partial charge in [0.1, 0.15) is 25.2 Å². The number of hydrogen-bond acceptors (Lipinski definition) is 17. The van der Waals surface area contributed by atoms with Crippen LogP contribution in [0.25, 0.3) is 0 Å². The molecule has 2 saturated heterocycles. The second kappa shape index (κ2) is 16.5. The van der Waals surface area contributed by atoms with E-state index in [4.69, 9.17) is 19.4 Å². The highest BCUT2D eigenvalue weighted by molar-refractivity contribution is 5.84. The summed E-state index contributed by atoms with van der Waals surface area (Å²) >= 11 is 0. The van der Waals surface area contributed by atoms with Crippen LogP contribution < -0.4 is 21.6 Å². The third-order valence-electron chi connectivity index (χ3n) is 6.87. The van der Waals surface area contributed by atoms with Gasteiger partial charge in [0.05, 0.1) is 21.2 Å². The third-order valence-corrected chi connectivity index (χ3v) is 6.87. The van der Waals surface area contributed by atoms with Gasteiger partial charge in [0.25, 0.3) is 11.4 Å². The molecule has 4 N–H and O–H groups in total. The van der Waals surface area contributed by atoms with Crippen molar-refractivity contribution in [2.24, 2.45) is 0 Å². The van der Waals surface area contributed by atoms with Crippen LogP contribution in [0.4, 0.5) is 27.5 Å². The number of benzene rings is 2. The highest BCUT2D eigenvalue weighted by atomic mass is 16.7. The Hall–Kier alpha value is -6.09.